The largest absolute Gasteiger partial charge is 0.455 e. The van der Waals surface area contributed by atoms with Crippen LogP contribution in [0.3, 0.4) is 0 Å². The fourth-order valence-corrected chi connectivity index (χ4v) is 4.36. The minimum atomic E-state index is -3.51. The summed E-state index contributed by atoms with van der Waals surface area (Å²) in [5, 5.41) is 2.82. The van der Waals surface area contributed by atoms with Crippen molar-refractivity contribution in [3.8, 4) is 0 Å². The number of amides is 1. The van der Waals surface area contributed by atoms with Gasteiger partial charge in [0.15, 0.2) is 15.6 Å². The number of nitrogens with one attached hydrogen (secondary N) is 1. The van der Waals surface area contributed by atoms with Gasteiger partial charge in [0.2, 0.25) is 0 Å². The zero-order valence-electron chi connectivity index (χ0n) is 17.0. The third-order valence-electron chi connectivity index (χ3n) is 4.62. The molecule has 158 valence electrons. The molecule has 0 aliphatic rings. The maximum atomic E-state index is 12.4. The van der Waals surface area contributed by atoms with Crippen molar-refractivity contribution in [2.75, 3.05) is 20.1 Å². The van der Waals surface area contributed by atoms with Crippen LogP contribution in [0.1, 0.15) is 28.3 Å². The summed E-state index contributed by atoms with van der Waals surface area (Å²) in [5.74, 6) is -0.268. The first-order valence-electron chi connectivity index (χ1n) is 9.81. The molecule has 0 aliphatic heterocycles. The number of carbonyl (C=O) groups excluding carboxylic acids is 1. The molecule has 1 aromatic heterocycles. The van der Waals surface area contributed by atoms with Crippen molar-refractivity contribution < 1.29 is 17.6 Å². The Hall–Kier alpha value is -2.90. The minimum absolute atomic E-state index is 0.117. The molecule has 0 radical (unpaired) electrons. The lowest BCUT2D eigenvalue weighted by Gasteiger charge is -2.16. The van der Waals surface area contributed by atoms with E-state index in [0.29, 0.717) is 6.54 Å². The maximum absolute atomic E-state index is 12.4. The minimum Gasteiger partial charge on any atom is -0.455 e. The highest BCUT2D eigenvalue weighted by atomic mass is 32.2. The Balaban J connectivity index is 1.44. The molecule has 0 fully saturated rings. The second-order valence-corrected chi connectivity index (χ2v) is 9.16. The Labute approximate surface area is 177 Å². The summed E-state index contributed by atoms with van der Waals surface area (Å²) in [6.07, 6.45) is 0.797. The van der Waals surface area contributed by atoms with E-state index in [1.54, 1.807) is 30.3 Å². The van der Waals surface area contributed by atoms with Crippen LogP contribution >= 0.6 is 0 Å². The Morgan fingerprint density at radius 2 is 1.63 bits per heavy atom. The summed E-state index contributed by atoms with van der Waals surface area (Å²) >= 11 is 0. The Bertz CT molecular complexity index is 1050. The zero-order valence-corrected chi connectivity index (χ0v) is 17.8. The molecule has 1 N–H and O–H groups in total. The van der Waals surface area contributed by atoms with Gasteiger partial charge >= 0.3 is 0 Å². The first-order valence-corrected chi connectivity index (χ1v) is 11.5. The Morgan fingerprint density at radius 1 is 0.967 bits per heavy atom. The molecular formula is C23H26N2O4S. The van der Waals surface area contributed by atoms with Gasteiger partial charge in [-0.2, -0.15) is 0 Å². The van der Waals surface area contributed by atoms with E-state index in [0.717, 1.165) is 19.5 Å². The zero-order chi connectivity index (χ0) is 21.4. The van der Waals surface area contributed by atoms with E-state index < -0.39 is 9.84 Å². The molecule has 0 spiro atoms. The van der Waals surface area contributed by atoms with Crippen LogP contribution in [0.5, 0.6) is 0 Å². The second-order valence-electron chi connectivity index (χ2n) is 7.17. The molecule has 30 heavy (non-hydrogen) atoms. The van der Waals surface area contributed by atoms with Crippen molar-refractivity contribution in [3.05, 3.63) is 89.9 Å². The third kappa shape index (κ3) is 6.30. The van der Waals surface area contributed by atoms with Gasteiger partial charge in [-0.15, -0.1) is 0 Å². The van der Waals surface area contributed by atoms with Gasteiger partial charge in [0.1, 0.15) is 11.5 Å². The van der Waals surface area contributed by atoms with Crippen LogP contribution in [0.15, 0.2) is 82.1 Å². The standard InChI is InChI=1S/C23H26N2O4S/c1-25(17-19-9-4-2-5-10-19)16-8-15-24-23(26)22-14-13-20(29-22)18-30(27,28)21-11-6-3-7-12-21/h2-7,9-14H,8,15-18H2,1H3,(H,24,26). The SMILES string of the molecule is CN(CCCNC(=O)c1ccc(CS(=O)(=O)c2ccccc2)o1)Cc1ccccc1. The maximum Gasteiger partial charge on any atom is 0.286 e. The summed E-state index contributed by atoms with van der Waals surface area (Å²) in [7, 11) is -1.47. The molecule has 2 aromatic carbocycles. The average molecular weight is 427 g/mol. The van der Waals surface area contributed by atoms with E-state index in [-0.39, 0.29) is 28.1 Å². The van der Waals surface area contributed by atoms with Gasteiger partial charge in [0, 0.05) is 13.1 Å². The predicted molar refractivity (Wildman–Crippen MR) is 116 cm³/mol. The van der Waals surface area contributed by atoms with Crippen LogP contribution in [0.4, 0.5) is 0 Å². The summed E-state index contributed by atoms with van der Waals surface area (Å²) in [4.78, 5) is 14.7. The number of benzene rings is 2. The highest BCUT2D eigenvalue weighted by Gasteiger charge is 2.19. The van der Waals surface area contributed by atoms with Crippen LogP contribution in [-0.2, 0) is 22.1 Å². The summed E-state index contributed by atoms with van der Waals surface area (Å²) in [6.45, 7) is 2.20. The predicted octanol–water partition coefficient (Wildman–Crippen LogP) is 3.51. The Kier molecular flexibility index (Phi) is 7.43. The van der Waals surface area contributed by atoms with E-state index in [2.05, 4.69) is 22.3 Å². The number of hydrogen-bond acceptors (Lipinski definition) is 5. The van der Waals surface area contributed by atoms with Gasteiger partial charge in [0.25, 0.3) is 5.91 Å². The molecule has 7 heteroatoms. The average Bonchev–Trinajstić information content (AvgIpc) is 3.20. The van der Waals surface area contributed by atoms with Crippen LogP contribution < -0.4 is 5.32 Å². The molecule has 0 aliphatic carbocycles. The van der Waals surface area contributed by atoms with Crippen molar-refractivity contribution >= 4 is 15.7 Å². The van der Waals surface area contributed by atoms with Crippen LogP contribution in [0.2, 0.25) is 0 Å². The molecular weight excluding hydrogens is 400 g/mol. The van der Waals surface area contributed by atoms with E-state index >= 15 is 0 Å². The normalized spacial score (nSPS) is 11.5. The summed E-state index contributed by atoms with van der Waals surface area (Å²) < 4.78 is 30.3. The molecule has 0 saturated heterocycles. The van der Waals surface area contributed by atoms with Crippen molar-refractivity contribution in [2.45, 2.75) is 23.6 Å². The molecule has 1 heterocycles. The summed E-state index contributed by atoms with van der Waals surface area (Å²) in [5.41, 5.74) is 1.25. The fraction of sp³-hybridized carbons (Fsp3) is 0.261. The van der Waals surface area contributed by atoms with Gasteiger partial charge in [-0.1, -0.05) is 48.5 Å². The fourth-order valence-electron chi connectivity index (χ4n) is 3.09. The van der Waals surface area contributed by atoms with Crippen molar-refractivity contribution in [1.29, 1.82) is 0 Å². The number of hydrogen-bond donors (Lipinski definition) is 1. The molecule has 0 atom stereocenters. The first kappa shape index (κ1) is 21.8. The molecule has 6 nitrogen and oxygen atoms in total. The van der Waals surface area contributed by atoms with Crippen molar-refractivity contribution in [1.82, 2.24) is 10.2 Å². The van der Waals surface area contributed by atoms with Gasteiger partial charge in [0.05, 0.1) is 4.90 Å². The lowest BCUT2D eigenvalue weighted by molar-refractivity contribution is 0.0922. The highest BCUT2D eigenvalue weighted by Crippen LogP contribution is 2.18. The quantitative estimate of drug-likeness (QED) is 0.502. The molecule has 0 saturated carbocycles. The van der Waals surface area contributed by atoms with E-state index in [9.17, 15) is 13.2 Å². The number of rotatable bonds is 10. The first-order chi connectivity index (χ1) is 14.4. The van der Waals surface area contributed by atoms with Crippen LogP contribution in [0, 0.1) is 0 Å². The third-order valence-corrected chi connectivity index (χ3v) is 6.27. The highest BCUT2D eigenvalue weighted by molar-refractivity contribution is 7.90. The molecule has 0 bridgehead atoms. The molecule has 1 amide bonds. The molecule has 0 unspecified atom stereocenters. The number of nitrogens with zero attached hydrogens (tertiary/aromatic N) is 1. The monoisotopic (exact) mass is 426 g/mol. The molecule has 3 aromatic rings. The van der Waals surface area contributed by atoms with E-state index in [4.69, 9.17) is 4.42 Å². The van der Waals surface area contributed by atoms with E-state index in [1.807, 2.05) is 25.2 Å². The lowest BCUT2D eigenvalue weighted by atomic mass is 10.2. The van der Waals surface area contributed by atoms with Crippen molar-refractivity contribution in [3.63, 3.8) is 0 Å². The van der Waals surface area contributed by atoms with Gasteiger partial charge in [-0.05, 0) is 49.8 Å². The van der Waals surface area contributed by atoms with Crippen LogP contribution in [0.25, 0.3) is 0 Å². The lowest BCUT2D eigenvalue weighted by Crippen LogP contribution is -2.27. The van der Waals surface area contributed by atoms with Gasteiger partial charge in [-0.25, -0.2) is 8.42 Å². The van der Waals surface area contributed by atoms with Gasteiger partial charge < -0.3 is 14.6 Å². The number of furan rings is 1. The topological polar surface area (TPSA) is 79.6 Å². The number of carbonyl (C=O) groups is 1. The number of sulfone groups is 1. The summed E-state index contributed by atoms with van der Waals surface area (Å²) in [6, 6.07) is 21.4. The molecule has 3 rings (SSSR count). The second kappa shape index (κ2) is 10.2. The van der Waals surface area contributed by atoms with Crippen molar-refractivity contribution in [2.24, 2.45) is 0 Å². The smallest absolute Gasteiger partial charge is 0.286 e. The van der Waals surface area contributed by atoms with Crippen LogP contribution in [-0.4, -0.2) is 39.4 Å². The van der Waals surface area contributed by atoms with E-state index in [1.165, 1.54) is 17.7 Å². The Morgan fingerprint density at radius 3 is 2.33 bits per heavy atom. The van der Waals surface area contributed by atoms with Gasteiger partial charge in [-0.3, -0.25) is 4.79 Å².